The fourth-order valence-corrected chi connectivity index (χ4v) is 6.38. The molecule has 8 heteroatoms. The first-order valence-electron chi connectivity index (χ1n) is 9.96. The Kier molecular flexibility index (Phi) is 5.18. The largest absolute Gasteiger partial charge is 0.495 e. The number of fused-ring (bicyclic) bond motifs is 1. The normalized spacial score (nSPS) is 26.0. The zero-order valence-electron chi connectivity index (χ0n) is 16.1. The Bertz CT molecular complexity index is 868. The van der Waals surface area contributed by atoms with Gasteiger partial charge in [0, 0.05) is 13.1 Å². The van der Waals surface area contributed by atoms with E-state index in [-0.39, 0.29) is 40.8 Å². The van der Waals surface area contributed by atoms with E-state index in [1.54, 1.807) is 18.2 Å². The van der Waals surface area contributed by atoms with E-state index in [1.807, 2.05) is 0 Å². The molecule has 1 aromatic rings. The lowest BCUT2D eigenvalue weighted by Crippen LogP contribution is -2.31. The standard InChI is InChI=1S/C20H26N2O5S/c1-27-17-9-8-14(12-18(17)28(25,26)21-10-4-5-11-21)13-22-19(23)15-6-2-3-7-16(15)20(22)24/h8-9,12,15-16H,2-7,10-11,13H2,1H3. The maximum absolute atomic E-state index is 13.0. The summed E-state index contributed by atoms with van der Waals surface area (Å²) in [6, 6.07) is 4.88. The van der Waals surface area contributed by atoms with Crippen molar-refractivity contribution in [2.75, 3.05) is 20.2 Å². The number of hydrogen-bond acceptors (Lipinski definition) is 5. The summed E-state index contributed by atoms with van der Waals surface area (Å²) in [5, 5.41) is 0. The van der Waals surface area contributed by atoms with Crippen LogP contribution in [0, 0.1) is 11.8 Å². The van der Waals surface area contributed by atoms with Gasteiger partial charge in [-0.15, -0.1) is 0 Å². The molecule has 152 valence electrons. The van der Waals surface area contributed by atoms with Crippen molar-refractivity contribution >= 4 is 21.8 Å². The number of likely N-dealkylation sites (tertiary alicyclic amines) is 1. The summed E-state index contributed by atoms with van der Waals surface area (Å²) >= 11 is 0. The van der Waals surface area contributed by atoms with Crippen molar-refractivity contribution in [3.05, 3.63) is 23.8 Å². The smallest absolute Gasteiger partial charge is 0.246 e. The molecule has 0 bridgehead atoms. The predicted octanol–water partition coefficient (Wildman–Crippen LogP) is 2.15. The molecule has 1 saturated carbocycles. The van der Waals surface area contributed by atoms with Crippen LogP contribution in [0.15, 0.2) is 23.1 Å². The topological polar surface area (TPSA) is 84.0 Å². The molecule has 2 heterocycles. The van der Waals surface area contributed by atoms with E-state index >= 15 is 0 Å². The van der Waals surface area contributed by atoms with Gasteiger partial charge in [-0.25, -0.2) is 8.42 Å². The lowest BCUT2D eigenvalue weighted by Gasteiger charge is -2.20. The van der Waals surface area contributed by atoms with Crippen LogP contribution in [0.1, 0.15) is 44.1 Å². The number of carbonyl (C=O) groups is 2. The Labute approximate surface area is 165 Å². The number of amides is 2. The second-order valence-corrected chi connectivity index (χ2v) is 9.76. The van der Waals surface area contributed by atoms with Crippen molar-refractivity contribution in [1.29, 1.82) is 0 Å². The molecule has 2 saturated heterocycles. The zero-order valence-corrected chi connectivity index (χ0v) is 16.9. The third-order valence-electron chi connectivity index (χ3n) is 6.18. The van der Waals surface area contributed by atoms with Crippen LogP contribution in [0.25, 0.3) is 0 Å². The van der Waals surface area contributed by atoms with Gasteiger partial charge in [-0.05, 0) is 43.4 Å². The second-order valence-electron chi connectivity index (χ2n) is 7.86. The molecule has 4 rings (SSSR count). The van der Waals surface area contributed by atoms with Gasteiger partial charge in [0.1, 0.15) is 10.6 Å². The molecule has 1 aliphatic carbocycles. The van der Waals surface area contributed by atoms with E-state index in [2.05, 4.69) is 0 Å². The lowest BCUT2D eigenvalue weighted by atomic mass is 9.81. The number of sulfonamides is 1. The van der Waals surface area contributed by atoms with Crippen LogP contribution in [0.4, 0.5) is 0 Å². The Hall–Kier alpha value is -1.93. The number of rotatable bonds is 5. The first-order chi connectivity index (χ1) is 13.4. The quantitative estimate of drug-likeness (QED) is 0.700. The summed E-state index contributed by atoms with van der Waals surface area (Å²) < 4.78 is 32.8. The summed E-state index contributed by atoms with van der Waals surface area (Å²) in [4.78, 5) is 26.9. The van der Waals surface area contributed by atoms with Crippen molar-refractivity contribution in [1.82, 2.24) is 9.21 Å². The number of benzene rings is 1. The maximum Gasteiger partial charge on any atom is 0.246 e. The summed E-state index contributed by atoms with van der Waals surface area (Å²) in [6.45, 7) is 1.11. The van der Waals surface area contributed by atoms with Gasteiger partial charge >= 0.3 is 0 Å². The highest BCUT2D eigenvalue weighted by Gasteiger charge is 2.48. The van der Waals surface area contributed by atoms with Crippen LogP contribution >= 0.6 is 0 Å². The third-order valence-corrected chi connectivity index (χ3v) is 8.10. The lowest BCUT2D eigenvalue weighted by molar-refractivity contribution is -0.140. The third kappa shape index (κ3) is 3.22. The molecule has 0 radical (unpaired) electrons. The molecule has 1 aromatic carbocycles. The molecule has 3 aliphatic rings. The molecule has 7 nitrogen and oxygen atoms in total. The van der Waals surface area contributed by atoms with Crippen LogP contribution in [-0.2, 0) is 26.2 Å². The monoisotopic (exact) mass is 406 g/mol. The van der Waals surface area contributed by atoms with E-state index in [0.717, 1.165) is 38.5 Å². The van der Waals surface area contributed by atoms with Gasteiger partial charge in [-0.3, -0.25) is 14.5 Å². The molecule has 2 aliphatic heterocycles. The molecule has 2 amide bonds. The van der Waals surface area contributed by atoms with Crippen molar-refractivity contribution in [2.24, 2.45) is 11.8 Å². The van der Waals surface area contributed by atoms with Crippen LogP contribution in [-0.4, -0.2) is 49.6 Å². The molecule has 2 atom stereocenters. The minimum Gasteiger partial charge on any atom is -0.495 e. The number of hydrogen-bond donors (Lipinski definition) is 0. The fraction of sp³-hybridized carbons (Fsp3) is 0.600. The molecule has 0 aromatic heterocycles. The number of carbonyl (C=O) groups excluding carboxylic acids is 2. The van der Waals surface area contributed by atoms with Gasteiger partial charge in [0.15, 0.2) is 0 Å². The Morgan fingerprint density at radius 1 is 1.00 bits per heavy atom. The highest BCUT2D eigenvalue weighted by atomic mass is 32.2. The van der Waals surface area contributed by atoms with Crippen molar-refractivity contribution in [3.63, 3.8) is 0 Å². The Balaban J connectivity index is 1.62. The first-order valence-corrected chi connectivity index (χ1v) is 11.4. The van der Waals surface area contributed by atoms with E-state index < -0.39 is 10.0 Å². The van der Waals surface area contributed by atoms with E-state index in [9.17, 15) is 18.0 Å². The Morgan fingerprint density at radius 3 is 2.18 bits per heavy atom. The highest BCUT2D eigenvalue weighted by Crippen LogP contribution is 2.39. The molecule has 28 heavy (non-hydrogen) atoms. The molecule has 0 spiro atoms. The minimum atomic E-state index is -3.67. The van der Waals surface area contributed by atoms with Crippen LogP contribution in [0.3, 0.4) is 0 Å². The number of methoxy groups -OCH3 is 1. The second kappa shape index (κ2) is 7.48. The van der Waals surface area contributed by atoms with Gasteiger partial charge < -0.3 is 4.74 Å². The SMILES string of the molecule is COc1ccc(CN2C(=O)C3CCCCC3C2=O)cc1S(=O)(=O)N1CCCC1. The van der Waals surface area contributed by atoms with Crippen LogP contribution in [0.2, 0.25) is 0 Å². The Morgan fingerprint density at radius 2 is 1.61 bits per heavy atom. The van der Waals surface area contributed by atoms with Gasteiger partial charge in [-0.2, -0.15) is 4.31 Å². The first kappa shape index (κ1) is 19.4. The fourth-order valence-electron chi connectivity index (χ4n) is 4.66. The van der Waals surface area contributed by atoms with Crippen LogP contribution in [0.5, 0.6) is 5.75 Å². The van der Waals surface area contributed by atoms with Gasteiger partial charge in [-0.1, -0.05) is 18.9 Å². The molecule has 2 unspecified atom stereocenters. The number of nitrogens with zero attached hydrogens (tertiary/aromatic N) is 2. The maximum atomic E-state index is 13.0. The van der Waals surface area contributed by atoms with E-state index in [1.165, 1.54) is 16.3 Å². The summed E-state index contributed by atoms with van der Waals surface area (Å²) in [5.41, 5.74) is 0.624. The molecular weight excluding hydrogens is 380 g/mol. The van der Waals surface area contributed by atoms with Crippen molar-refractivity contribution < 1.29 is 22.7 Å². The van der Waals surface area contributed by atoms with E-state index in [0.29, 0.717) is 18.7 Å². The predicted molar refractivity (Wildman–Crippen MR) is 102 cm³/mol. The zero-order chi connectivity index (χ0) is 19.9. The average molecular weight is 407 g/mol. The average Bonchev–Trinajstić information content (AvgIpc) is 3.33. The summed E-state index contributed by atoms with van der Waals surface area (Å²) in [7, 11) is -2.22. The number of imide groups is 1. The molecule has 0 N–H and O–H groups in total. The van der Waals surface area contributed by atoms with Gasteiger partial charge in [0.05, 0.1) is 25.5 Å². The highest BCUT2D eigenvalue weighted by molar-refractivity contribution is 7.89. The number of ether oxygens (including phenoxy) is 1. The van der Waals surface area contributed by atoms with Crippen molar-refractivity contribution in [3.8, 4) is 5.75 Å². The molecular formula is C20H26N2O5S. The van der Waals surface area contributed by atoms with E-state index in [4.69, 9.17) is 4.74 Å². The van der Waals surface area contributed by atoms with Crippen molar-refractivity contribution in [2.45, 2.75) is 50.0 Å². The summed E-state index contributed by atoms with van der Waals surface area (Å²) in [6.07, 6.45) is 5.19. The summed E-state index contributed by atoms with van der Waals surface area (Å²) in [5.74, 6) is -0.355. The molecule has 3 fully saturated rings. The van der Waals surface area contributed by atoms with Crippen LogP contribution < -0.4 is 4.74 Å². The van der Waals surface area contributed by atoms with Gasteiger partial charge in [0.2, 0.25) is 21.8 Å². The van der Waals surface area contributed by atoms with Gasteiger partial charge in [0.25, 0.3) is 0 Å². The minimum absolute atomic E-state index is 0.103.